The lowest BCUT2D eigenvalue weighted by Crippen LogP contribution is -2.42. The van der Waals surface area contributed by atoms with Gasteiger partial charge < -0.3 is 14.4 Å². The molecule has 2 aliphatic heterocycles. The summed E-state index contributed by atoms with van der Waals surface area (Å²) in [6.07, 6.45) is 2.71. The average Bonchev–Trinajstić information content (AvgIpc) is 2.55. The third-order valence-corrected chi connectivity index (χ3v) is 4.96. The highest BCUT2D eigenvalue weighted by atomic mass is 16.6. The fourth-order valence-corrected chi connectivity index (χ4v) is 3.53. The van der Waals surface area contributed by atoms with E-state index in [1.54, 1.807) is 0 Å². The van der Waals surface area contributed by atoms with Gasteiger partial charge in [-0.1, -0.05) is 13.8 Å². The first-order valence-electron chi connectivity index (χ1n) is 8.38. The first kappa shape index (κ1) is 15.2. The Labute approximate surface area is 132 Å². The minimum atomic E-state index is 0.104. The Bertz CT molecular complexity index is 566. The molecule has 0 aromatic heterocycles. The van der Waals surface area contributed by atoms with Crippen molar-refractivity contribution in [3.8, 4) is 11.5 Å². The Hall–Kier alpha value is -1.71. The molecule has 22 heavy (non-hydrogen) atoms. The maximum absolute atomic E-state index is 12.7. The van der Waals surface area contributed by atoms with Crippen molar-refractivity contribution in [2.24, 2.45) is 5.92 Å². The molecule has 2 heterocycles. The second-order valence-corrected chi connectivity index (χ2v) is 6.17. The second kappa shape index (κ2) is 6.19. The third kappa shape index (κ3) is 2.55. The SMILES string of the molecule is CCC(CC)C(=O)N1CCc2cc3c(cc2C1C)OCCO3. The zero-order valence-electron chi connectivity index (χ0n) is 13.7. The minimum absolute atomic E-state index is 0.104. The highest BCUT2D eigenvalue weighted by molar-refractivity contribution is 5.79. The molecule has 0 spiro atoms. The van der Waals surface area contributed by atoms with E-state index in [4.69, 9.17) is 9.47 Å². The predicted octanol–water partition coefficient (Wildman–Crippen LogP) is 3.34. The molecule has 0 N–H and O–H groups in total. The van der Waals surface area contributed by atoms with Crippen LogP contribution in [0.25, 0.3) is 0 Å². The van der Waals surface area contributed by atoms with Crippen LogP contribution < -0.4 is 9.47 Å². The van der Waals surface area contributed by atoms with E-state index in [-0.39, 0.29) is 17.9 Å². The molecular weight excluding hydrogens is 278 g/mol. The van der Waals surface area contributed by atoms with Crippen molar-refractivity contribution in [2.75, 3.05) is 19.8 Å². The molecule has 1 aromatic carbocycles. The summed E-state index contributed by atoms with van der Waals surface area (Å²) >= 11 is 0. The molecule has 120 valence electrons. The normalized spacial score (nSPS) is 20.0. The summed E-state index contributed by atoms with van der Waals surface area (Å²) in [5.74, 6) is 2.09. The first-order chi connectivity index (χ1) is 10.7. The summed E-state index contributed by atoms with van der Waals surface area (Å²) in [6, 6.07) is 4.27. The van der Waals surface area contributed by atoms with E-state index in [2.05, 4.69) is 32.9 Å². The number of ether oxygens (including phenoxy) is 2. The van der Waals surface area contributed by atoms with E-state index in [9.17, 15) is 4.79 Å². The van der Waals surface area contributed by atoms with Gasteiger partial charge in [0, 0.05) is 12.5 Å². The summed E-state index contributed by atoms with van der Waals surface area (Å²) in [7, 11) is 0. The van der Waals surface area contributed by atoms with Crippen molar-refractivity contribution in [2.45, 2.75) is 46.1 Å². The van der Waals surface area contributed by atoms with Crippen molar-refractivity contribution >= 4 is 5.91 Å². The molecule has 1 unspecified atom stereocenters. The van der Waals surface area contributed by atoms with Gasteiger partial charge in [0.1, 0.15) is 13.2 Å². The zero-order valence-corrected chi connectivity index (χ0v) is 13.7. The van der Waals surface area contributed by atoms with Gasteiger partial charge in [-0.3, -0.25) is 4.79 Å². The Balaban J connectivity index is 1.88. The van der Waals surface area contributed by atoms with E-state index in [1.807, 2.05) is 4.90 Å². The molecule has 1 atom stereocenters. The molecule has 4 heteroatoms. The Morgan fingerprint density at radius 2 is 1.86 bits per heavy atom. The van der Waals surface area contributed by atoms with Crippen molar-refractivity contribution in [1.29, 1.82) is 0 Å². The van der Waals surface area contributed by atoms with Crippen LogP contribution in [0.15, 0.2) is 12.1 Å². The first-order valence-corrected chi connectivity index (χ1v) is 8.38. The molecular formula is C18H25NO3. The molecule has 4 nitrogen and oxygen atoms in total. The fourth-order valence-electron chi connectivity index (χ4n) is 3.53. The molecule has 2 aliphatic rings. The summed E-state index contributed by atoms with van der Waals surface area (Å²) in [6.45, 7) is 8.31. The van der Waals surface area contributed by atoms with Gasteiger partial charge in [0.2, 0.25) is 5.91 Å². The van der Waals surface area contributed by atoms with Crippen LogP contribution in [-0.4, -0.2) is 30.6 Å². The monoisotopic (exact) mass is 303 g/mol. The number of carbonyl (C=O) groups is 1. The summed E-state index contributed by atoms with van der Waals surface area (Å²) in [5.41, 5.74) is 2.49. The quantitative estimate of drug-likeness (QED) is 0.859. The maximum Gasteiger partial charge on any atom is 0.226 e. The van der Waals surface area contributed by atoms with Crippen molar-refractivity contribution in [1.82, 2.24) is 4.90 Å². The highest BCUT2D eigenvalue weighted by Gasteiger charge is 2.32. The standard InChI is InChI=1S/C18H25NO3/c1-4-13(5-2)18(20)19-7-6-14-10-16-17(22-9-8-21-16)11-15(14)12(19)3/h10-13H,4-9H2,1-3H3. The third-order valence-electron chi connectivity index (χ3n) is 4.96. The average molecular weight is 303 g/mol. The van der Waals surface area contributed by atoms with Gasteiger partial charge >= 0.3 is 0 Å². The lowest BCUT2D eigenvalue weighted by molar-refractivity contribution is -0.138. The van der Waals surface area contributed by atoms with Crippen LogP contribution in [0.5, 0.6) is 11.5 Å². The Morgan fingerprint density at radius 1 is 1.23 bits per heavy atom. The summed E-state index contributed by atoms with van der Waals surface area (Å²) in [5, 5.41) is 0. The van der Waals surface area contributed by atoms with Crippen molar-refractivity contribution in [3.63, 3.8) is 0 Å². The van der Waals surface area contributed by atoms with Crippen LogP contribution in [0.2, 0.25) is 0 Å². The van der Waals surface area contributed by atoms with E-state index in [1.165, 1.54) is 11.1 Å². The van der Waals surface area contributed by atoms with Crippen molar-refractivity contribution in [3.05, 3.63) is 23.3 Å². The molecule has 0 radical (unpaired) electrons. The number of fused-ring (bicyclic) bond motifs is 2. The lowest BCUT2D eigenvalue weighted by atomic mass is 9.90. The van der Waals surface area contributed by atoms with Crippen LogP contribution >= 0.6 is 0 Å². The summed E-state index contributed by atoms with van der Waals surface area (Å²) < 4.78 is 11.4. The number of nitrogens with zero attached hydrogens (tertiary/aromatic N) is 1. The molecule has 0 saturated carbocycles. The van der Waals surface area contributed by atoms with Gasteiger partial charge in [0.15, 0.2) is 11.5 Å². The molecule has 0 aliphatic carbocycles. The lowest BCUT2D eigenvalue weighted by Gasteiger charge is -2.38. The second-order valence-electron chi connectivity index (χ2n) is 6.17. The molecule has 1 aromatic rings. The molecule has 3 rings (SSSR count). The minimum Gasteiger partial charge on any atom is -0.486 e. The summed E-state index contributed by atoms with van der Waals surface area (Å²) in [4.78, 5) is 14.8. The number of benzene rings is 1. The van der Waals surface area contributed by atoms with Crippen LogP contribution in [0, 0.1) is 5.92 Å². The number of hydrogen-bond acceptors (Lipinski definition) is 3. The topological polar surface area (TPSA) is 38.8 Å². The van der Waals surface area contributed by atoms with Crippen LogP contribution in [0.1, 0.15) is 50.8 Å². The number of rotatable bonds is 3. The number of amides is 1. The van der Waals surface area contributed by atoms with Gasteiger partial charge in [-0.2, -0.15) is 0 Å². The highest BCUT2D eigenvalue weighted by Crippen LogP contribution is 2.39. The van der Waals surface area contributed by atoms with Gasteiger partial charge in [-0.25, -0.2) is 0 Å². The predicted molar refractivity (Wildman–Crippen MR) is 85.3 cm³/mol. The number of carbonyl (C=O) groups excluding carboxylic acids is 1. The molecule has 0 fully saturated rings. The van der Waals surface area contributed by atoms with Crippen LogP contribution in [0.4, 0.5) is 0 Å². The Kier molecular flexibility index (Phi) is 4.27. The largest absolute Gasteiger partial charge is 0.486 e. The molecule has 0 saturated heterocycles. The Morgan fingerprint density at radius 3 is 2.50 bits per heavy atom. The van der Waals surface area contributed by atoms with Gasteiger partial charge in [-0.05, 0) is 49.4 Å². The van der Waals surface area contributed by atoms with E-state index < -0.39 is 0 Å². The zero-order chi connectivity index (χ0) is 15.7. The maximum atomic E-state index is 12.7. The van der Waals surface area contributed by atoms with Gasteiger partial charge in [0.25, 0.3) is 0 Å². The molecule has 1 amide bonds. The van der Waals surface area contributed by atoms with Crippen molar-refractivity contribution < 1.29 is 14.3 Å². The van der Waals surface area contributed by atoms with E-state index >= 15 is 0 Å². The number of hydrogen-bond donors (Lipinski definition) is 0. The smallest absolute Gasteiger partial charge is 0.226 e. The van der Waals surface area contributed by atoms with E-state index in [0.29, 0.717) is 13.2 Å². The fraction of sp³-hybridized carbons (Fsp3) is 0.611. The molecule has 0 bridgehead atoms. The van der Waals surface area contributed by atoms with Crippen LogP contribution in [0.3, 0.4) is 0 Å². The van der Waals surface area contributed by atoms with Gasteiger partial charge in [-0.15, -0.1) is 0 Å². The van der Waals surface area contributed by atoms with Crippen LogP contribution in [-0.2, 0) is 11.2 Å². The van der Waals surface area contributed by atoms with E-state index in [0.717, 1.165) is 37.3 Å². The van der Waals surface area contributed by atoms with Gasteiger partial charge in [0.05, 0.1) is 6.04 Å².